The first-order valence-electron chi connectivity index (χ1n) is 19.1. The molecule has 2 aliphatic heterocycles. The monoisotopic (exact) mass is 773 g/mol. The summed E-state index contributed by atoms with van der Waals surface area (Å²) in [4.78, 5) is 17.7. The quantitative estimate of drug-likeness (QED) is 0.0976. The summed E-state index contributed by atoms with van der Waals surface area (Å²) in [5.41, 5.74) is 3.32. The van der Waals surface area contributed by atoms with E-state index in [1.807, 2.05) is 62.4 Å². The number of esters is 1. The van der Waals surface area contributed by atoms with Gasteiger partial charge >= 0.3 is 12.2 Å². The molecule has 0 unspecified atom stereocenters. The zero-order chi connectivity index (χ0) is 40.3. The van der Waals surface area contributed by atoms with Crippen LogP contribution in [-0.2, 0) is 33.5 Å². The lowest BCUT2D eigenvalue weighted by Crippen LogP contribution is -2.56. The van der Waals surface area contributed by atoms with Crippen LogP contribution in [0.3, 0.4) is 0 Å². The molecule has 10 nitrogen and oxygen atoms in total. The highest BCUT2D eigenvalue weighted by atomic mass is 28.4. The highest BCUT2D eigenvalue weighted by Gasteiger charge is 2.52. The predicted molar refractivity (Wildman–Crippen MR) is 214 cm³/mol. The SMILES string of the molecule is [C-]#[N+][C@@H]1C[C@@H](O[Si](C)(C)C(C)(C)C)C(C)(C)[C@@H](C[C@H](O)[C@@H](C)[C@H]2Cc3c(C)c(OCc4ccc(OC)cc4)cc(OCc4ccc(OC)cc4)c3C(=O)O2)O1. The van der Waals surface area contributed by atoms with E-state index >= 15 is 0 Å². The number of rotatable bonds is 14. The van der Waals surface area contributed by atoms with E-state index in [2.05, 4.69) is 52.6 Å². The number of fused-ring (bicyclic) bond motifs is 1. The molecule has 0 amide bonds. The van der Waals surface area contributed by atoms with Crippen molar-refractivity contribution in [1.82, 2.24) is 0 Å². The van der Waals surface area contributed by atoms with E-state index < -0.39 is 50.2 Å². The lowest BCUT2D eigenvalue weighted by molar-refractivity contribution is -0.170. The lowest BCUT2D eigenvalue weighted by atomic mass is 9.73. The third kappa shape index (κ3) is 9.49. The number of benzene rings is 3. The fourth-order valence-corrected chi connectivity index (χ4v) is 8.46. The van der Waals surface area contributed by atoms with Crippen LogP contribution in [0.25, 0.3) is 4.85 Å². The van der Waals surface area contributed by atoms with Crippen molar-refractivity contribution < 1.29 is 42.7 Å². The van der Waals surface area contributed by atoms with Gasteiger partial charge in [-0.1, -0.05) is 65.8 Å². The van der Waals surface area contributed by atoms with Crippen molar-refractivity contribution in [2.75, 3.05) is 14.2 Å². The topological polar surface area (TPSA) is 106 Å². The number of carbonyl (C=O) groups excluding carboxylic acids is 1. The van der Waals surface area contributed by atoms with Crippen molar-refractivity contribution in [2.24, 2.45) is 11.3 Å². The van der Waals surface area contributed by atoms with Crippen molar-refractivity contribution in [3.63, 3.8) is 0 Å². The molecule has 0 saturated carbocycles. The maximum Gasteiger partial charge on any atom is 0.342 e. The Hall–Kier alpha value is -4.08. The minimum atomic E-state index is -2.17. The summed E-state index contributed by atoms with van der Waals surface area (Å²) in [5, 5.41) is 11.8. The molecule has 1 fully saturated rings. The van der Waals surface area contributed by atoms with Crippen LogP contribution in [0.5, 0.6) is 23.0 Å². The number of hydrogen-bond acceptors (Lipinski definition) is 9. The standard InChI is InChI=1S/C44H59NO9Si/c1-27-33-21-36(28(2)34(46)22-38-44(6,7)39(24-40(45-8)53-38)54-55(11,12)43(3,4)5)52-42(47)41(33)37(51-26-30-15-19-32(49-10)20-16-30)23-35(27)50-25-29-13-17-31(48-9)18-14-29/h13-20,23,28,34,36,38-40,46H,21-22,24-26H2,1-7,9-12H3/t28-,34+,36-,38-,39-,40+/m1/s1. The van der Waals surface area contributed by atoms with Gasteiger partial charge in [0, 0.05) is 30.2 Å². The average molecular weight is 774 g/mol. The largest absolute Gasteiger partial charge is 0.497 e. The molecule has 0 spiro atoms. The van der Waals surface area contributed by atoms with Gasteiger partial charge in [-0.25, -0.2) is 11.4 Å². The molecule has 1 saturated heterocycles. The number of methoxy groups -OCH3 is 2. The Morgan fingerprint density at radius 1 is 0.964 bits per heavy atom. The molecular weight excluding hydrogens is 715 g/mol. The molecule has 0 radical (unpaired) electrons. The van der Waals surface area contributed by atoms with Crippen LogP contribution >= 0.6 is 0 Å². The van der Waals surface area contributed by atoms with Gasteiger partial charge in [0.1, 0.15) is 47.9 Å². The first kappa shape index (κ1) is 42.1. The van der Waals surface area contributed by atoms with E-state index in [-0.39, 0.29) is 24.2 Å². The third-order valence-corrected chi connectivity index (χ3v) is 16.5. The summed E-state index contributed by atoms with van der Waals surface area (Å²) in [6, 6.07) is 17.0. The van der Waals surface area contributed by atoms with Gasteiger partial charge in [0.05, 0.1) is 39.0 Å². The molecule has 0 aromatic heterocycles. The van der Waals surface area contributed by atoms with Crippen LogP contribution in [-0.4, -0.2) is 64.3 Å². The van der Waals surface area contributed by atoms with E-state index in [1.54, 1.807) is 20.3 Å². The summed E-state index contributed by atoms with van der Waals surface area (Å²) in [6.45, 7) is 27.5. The fourth-order valence-electron chi connectivity index (χ4n) is 7.00. The minimum Gasteiger partial charge on any atom is -0.497 e. The van der Waals surface area contributed by atoms with Crippen LogP contribution in [0.2, 0.25) is 18.1 Å². The second-order valence-corrected chi connectivity index (χ2v) is 21.8. The van der Waals surface area contributed by atoms with Crippen LogP contribution in [0.1, 0.15) is 87.0 Å². The molecule has 55 heavy (non-hydrogen) atoms. The number of aliphatic hydroxyl groups is 1. The Bertz CT molecular complexity index is 1830. The highest BCUT2D eigenvalue weighted by Crippen LogP contribution is 2.47. The Balaban J connectivity index is 1.39. The normalized spacial score (nSPS) is 22.1. The van der Waals surface area contributed by atoms with E-state index in [1.165, 1.54) is 0 Å². The minimum absolute atomic E-state index is 0.00102. The Kier molecular flexibility index (Phi) is 13.0. The van der Waals surface area contributed by atoms with Crippen molar-refractivity contribution in [3.05, 3.63) is 93.8 Å². The van der Waals surface area contributed by atoms with Gasteiger partial charge in [0.15, 0.2) is 8.32 Å². The molecule has 298 valence electrons. The Morgan fingerprint density at radius 3 is 2.02 bits per heavy atom. The second kappa shape index (κ2) is 17.0. The molecule has 3 aromatic carbocycles. The van der Waals surface area contributed by atoms with Gasteiger partial charge in [-0.15, -0.1) is 0 Å². The van der Waals surface area contributed by atoms with Crippen LogP contribution in [0.4, 0.5) is 0 Å². The zero-order valence-electron chi connectivity index (χ0n) is 34.4. The smallest absolute Gasteiger partial charge is 0.342 e. The number of ether oxygens (including phenoxy) is 6. The Morgan fingerprint density at radius 2 is 1.51 bits per heavy atom. The first-order valence-corrected chi connectivity index (χ1v) is 22.1. The molecule has 2 aliphatic rings. The van der Waals surface area contributed by atoms with Crippen molar-refractivity contribution in [2.45, 2.75) is 130 Å². The number of carbonyl (C=O) groups is 1. The van der Waals surface area contributed by atoms with Crippen LogP contribution in [0.15, 0.2) is 54.6 Å². The maximum atomic E-state index is 13.9. The molecule has 2 heterocycles. The van der Waals surface area contributed by atoms with Gasteiger partial charge in [0.25, 0.3) is 0 Å². The number of nitrogens with zero attached hydrogens (tertiary/aromatic N) is 1. The van der Waals surface area contributed by atoms with Gasteiger partial charge in [-0.2, -0.15) is 0 Å². The summed E-state index contributed by atoms with van der Waals surface area (Å²) in [5.74, 6) is 1.50. The van der Waals surface area contributed by atoms with Crippen molar-refractivity contribution in [3.8, 4) is 23.0 Å². The average Bonchev–Trinajstić information content (AvgIpc) is 3.15. The lowest BCUT2D eigenvalue weighted by Gasteiger charge is -2.50. The zero-order valence-corrected chi connectivity index (χ0v) is 35.4. The Labute approximate surface area is 328 Å². The molecule has 11 heteroatoms. The van der Waals surface area contributed by atoms with Crippen molar-refractivity contribution in [1.29, 1.82) is 0 Å². The van der Waals surface area contributed by atoms with Gasteiger partial charge in [0.2, 0.25) is 0 Å². The molecule has 6 atom stereocenters. The molecule has 1 N–H and O–H groups in total. The maximum absolute atomic E-state index is 13.9. The predicted octanol–water partition coefficient (Wildman–Crippen LogP) is 9.09. The van der Waals surface area contributed by atoms with E-state index in [0.29, 0.717) is 36.5 Å². The summed E-state index contributed by atoms with van der Waals surface area (Å²) in [7, 11) is 1.08. The van der Waals surface area contributed by atoms with Crippen LogP contribution < -0.4 is 18.9 Å². The van der Waals surface area contributed by atoms with E-state index in [4.69, 9.17) is 39.4 Å². The number of cyclic esters (lactones) is 1. The molecule has 0 aliphatic carbocycles. The van der Waals surface area contributed by atoms with Gasteiger partial charge < -0.3 is 38.0 Å². The molecule has 3 aromatic rings. The second-order valence-electron chi connectivity index (χ2n) is 17.1. The van der Waals surface area contributed by atoms with Gasteiger partial charge in [-0.3, -0.25) is 4.85 Å². The summed E-state index contributed by atoms with van der Waals surface area (Å²) < 4.78 is 42.7. The summed E-state index contributed by atoms with van der Waals surface area (Å²) in [6.07, 6.45) is -1.72. The summed E-state index contributed by atoms with van der Waals surface area (Å²) >= 11 is 0. The van der Waals surface area contributed by atoms with Crippen LogP contribution in [0, 0.1) is 24.8 Å². The molecule has 5 rings (SSSR count). The molecular formula is C44H59NO9Si. The van der Waals surface area contributed by atoms with E-state index in [9.17, 15) is 9.90 Å². The van der Waals surface area contributed by atoms with Gasteiger partial charge in [-0.05, 0) is 71.6 Å². The number of hydrogen-bond donors (Lipinski definition) is 1. The van der Waals surface area contributed by atoms with E-state index in [0.717, 1.165) is 33.8 Å². The highest BCUT2D eigenvalue weighted by molar-refractivity contribution is 6.74. The van der Waals surface area contributed by atoms with Crippen molar-refractivity contribution >= 4 is 14.3 Å². The number of aliphatic hydroxyl groups excluding tert-OH is 1. The fraction of sp³-hybridized carbons (Fsp3) is 0.545. The molecule has 0 bridgehead atoms. The third-order valence-electron chi connectivity index (χ3n) is 12.0. The first-order chi connectivity index (χ1) is 25.9.